The standard InChI is InChI=1S/C6H9NO3/c8-4-6-2-1-5(10-6)3-7-9/h4-6H,1-3H2. The van der Waals surface area contributed by atoms with Crippen molar-refractivity contribution in [1.82, 2.24) is 0 Å². The van der Waals surface area contributed by atoms with Crippen LogP contribution >= 0.6 is 0 Å². The van der Waals surface area contributed by atoms with Crippen molar-refractivity contribution in [3.63, 3.8) is 0 Å². The monoisotopic (exact) mass is 143 g/mol. The van der Waals surface area contributed by atoms with Gasteiger partial charge in [0.25, 0.3) is 0 Å². The van der Waals surface area contributed by atoms with E-state index < -0.39 is 0 Å². The zero-order chi connectivity index (χ0) is 7.40. The molecule has 10 heavy (non-hydrogen) atoms. The molecule has 1 heterocycles. The normalized spacial score (nSPS) is 32.0. The van der Waals surface area contributed by atoms with Crippen molar-refractivity contribution in [2.24, 2.45) is 5.18 Å². The van der Waals surface area contributed by atoms with Crippen molar-refractivity contribution in [3.8, 4) is 0 Å². The summed E-state index contributed by atoms with van der Waals surface area (Å²) in [5.41, 5.74) is 0. The van der Waals surface area contributed by atoms with Gasteiger partial charge in [-0.1, -0.05) is 5.18 Å². The molecule has 0 aromatic rings. The largest absolute Gasteiger partial charge is 0.365 e. The average molecular weight is 143 g/mol. The zero-order valence-corrected chi connectivity index (χ0v) is 5.53. The summed E-state index contributed by atoms with van der Waals surface area (Å²) < 4.78 is 5.09. The van der Waals surface area contributed by atoms with Gasteiger partial charge in [-0.15, -0.1) is 0 Å². The highest BCUT2D eigenvalue weighted by Gasteiger charge is 2.24. The minimum Gasteiger partial charge on any atom is -0.365 e. The molecule has 4 heteroatoms. The smallest absolute Gasteiger partial charge is 0.148 e. The molecular weight excluding hydrogens is 134 g/mol. The highest BCUT2D eigenvalue weighted by molar-refractivity contribution is 5.56. The first kappa shape index (κ1) is 7.34. The van der Waals surface area contributed by atoms with Crippen LogP contribution in [0.3, 0.4) is 0 Å². The number of carbonyl (C=O) groups is 1. The van der Waals surface area contributed by atoms with Crippen molar-refractivity contribution < 1.29 is 9.53 Å². The van der Waals surface area contributed by atoms with E-state index in [1.807, 2.05) is 0 Å². The molecule has 0 amide bonds. The lowest BCUT2D eigenvalue weighted by Crippen LogP contribution is -2.13. The summed E-state index contributed by atoms with van der Waals surface area (Å²) in [6.07, 6.45) is 1.85. The van der Waals surface area contributed by atoms with Gasteiger partial charge in [0.05, 0.1) is 6.10 Å². The molecule has 0 saturated carbocycles. The lowest BCUT2D eigenvalue weighted by Gasteiger charge is -2.03. The van der Waals surface area contributed by atoms with Crippen LogP contribution in [-0.4, -0.2) is 25.0 Å². The number of hydrogen-bond donors (Lipinski definition) is 0. The summed E-state index contributed by atoms with van der Waals surface area (Å²) in [7, 11) is 0. The topological polar surface area (TPSA) is 55.7 Å². The van der Waals surface area contributed by atoms with Gasteiger partial charge in [0, 0.05) is 0 Å². The molecule has 0 radical (unpaired) electrons. The molecule has 1 saturated heterocycles. The molecule has 2 atom stereocenters. The molecule has 0 N–H and O–H groups in total. The van der Waals surface area contributed by atoms with Gasteiger partial charge in [0.15, 0.2) is 0 Å². The van der Waals surface area contributed by atoms with Crippen LogP contribution in [0.5, 0.6) is 0 Å². The van der Waals surface area contributed by atoms with E-state index in [2.05, 4.69) is 5.18 Å². The first-order valence-electron chi connectivity index (χ1n) is 3.26. The van der Waals surface area contributed by atoms with E-state index >= 15 is 0 Å². The van der Waals surface area contributed by atoms with E-state index in [0.717, 1.165) is 19.1 Å². The van der Waals surface area contributed by atoms with Crippen molar-refractivity contribution in [3.05, 3.63) is 4.91 Å². The molecule has 1 rings (SSSR count). The van der Waals surface area contributed by atoms with E-state index in [-0.39, 0.29) is 18.8 Å². The number of aldehydes is 1. The Labute approximate surface area is 58.5 Å². The van der Waals surface area contributed by atoms with Gasteiger partial charge in [-0.25, -0.2) is 0 Å². The summed E-state index contributed by atoms with van der Waals surface area (Å²) in [5.74, 6) is 0. The average Bonchev–Trinajstić information content (AvgIpc) is 2.37. The van der Waals surface area contributed by atoms with Crippen LogP contribution in [0, 0.1) is 4.91 Å². The van der Waals surface area contributed by atoms with Crippen LogP contribution in [0.25, 0.3) is 0 Å². The van der Waals surface area contributed by atoms with E-state index in [4.69, 9.17) is 4.74 Å². The summed E-state index contributed by atoms with van der Waals surface area (Å²) in [6.45, 7) is 0.171. The van der Waals surface area contributed by atoms with Crippen LogP contribution in [0.1, 0.15) is 12.8 Å². The molecule has 0 spiro atoms. The number of nitrogens with zero attached hydrogens (tertiary/aromatic N) is 1. The van der Waals surface area contributed by atoms with Gasteiger partial charge in [0.1, 0.15) is 18.9 Å². The first-order chi connectivity index (χ1) is 4.86. The Morgan fingerprint density at radius 3 is 2.90 bits per heavy atom. The maximum absolute atomic E-state index is 10.1. The molecule has 2 unspecified atom stereocenters. The van der Waals surface area contributed by atoms with Crippen molar-refractivity contribution >= 4 is 6.29 Å². The third-order valence-electron chi connectivity index (χ3n) is 1.57. The molecule has 0 aromatic carbocycles. The van der Waals surface area contributed by atoms with Crippen LogP contribution in [0.4, 0.5) is 0 Å². The van der Waals surface area contributed by atoms with Gasteiger partial charge < -0.3 is 9.53 Å². The number of carbonyl (C=O) groups excluding carboxylic acids is 1. The summed E-state index contributed by atoms with van der Waals surface area (Å²) in [6, 6.07) is 0. The number of ether oxygens (including phenoxy) is 1. The molecular formula is C6H9NO3. The highest BCUT2D eigenvalue weighted by atomic mass is 16.5. The molecule has 0 aromatic heterocycles. The number of hydrogen-bond acceptors (Lipinski definition) is 4. The zero-order valence-electron chi connectivity index (χ0n) is 5.53. The van der Waals surface area contributed by atoms with Gasteiger partial charge in [-0.05, 0) is 12.8 Å². The Kier molecular flexibility index (Phi) is 2.50. The maximum atomic E-state index is 10.1. The molecule has 56 valence electrons. The van der Waals surface area contributed by atoms with Crippen molar-refractivity contribution in [1.29, 1.82) is 0 Å². The number of rotatable bonds is 3. The van der Waals surface area contributed by atoms with Gasteiger partial charge in [0.2, 0.25) is 0 Å². The second-order valence-corrected chi connectivity index (χ2v) is 2.32. The van der Waals surface area contributed by atoms with Crippen molar-refractivity contribution in [2.45, 2.75) is 25.0 Å². The van der Waals surface area contributed by atoms with Gasteiger partial charge in [-0.3, -0.25) is 0 Å². The molecule has 0 aliphatic carbocycles. The van der Waals surface area contributed by atoms with Crippen LogP contribution in [-0.2, 0) is 9.53 Å². The summed E-state index contributed by atoms with van der Waals surface area (Å²) >= 11 is 0. The minimum atomic E-state index is -0.299. The first-order valence-corrected chi connectivity index (χ1v) is 3.26. The second kappa shape index (κ2) is 3.41. The van der Waals surface area contributed by atoms with Crippen LogP contribution < -0.4 is 0 Å². The predicted octanol–water partition coefficient (Wildman–Crippen LogP) is 0.499. The Morgan fingerprint density at radius 2 is 2.40 bits per heavy atom. The quantitative estimate of drug-likeness (QED) is 0.427. The Bertz CT molecular complexity index is 137. The molecule has 0 bridgehead atoms. The molecule has 4 nitrogen and oxygen atoms in total. The second-order valence-electron chi connectivity index (χ2n) is 2.32. The Morgan fingerprint density at radius 1 is 1.60 bits per heavy atom. The van der Waals surface area contributed by atoms with E-state index in [9.17, 15) is 9.70 Å². The van der Waals surface area contributed by atoms with Gasteiger partial charge >= 0.3 is 0 Å². The molecule has 1 fully saturated rings. The fourth-order valence-electron chi connectivity index (χ4n) is 1.05. The highest BCUT2D eigenvalue weighted by Crippen LogP contribution is 2.17. The molecule has 1 aliphatic rings. The summed E-state index contributed by atoms with van der Waals surface area (Å²) in [4.78, 5) is 19.9. The SMILES string of the molecule is O=CC1CCC(CN=O)O1. The predicted molar refractivity (Wildman–Crippen MR) is 34.6 cm³/mol. The van der Waals surface area contributed by atoms with E-state index in [1.165, 1.54) is 0 Å². The third-order valence-corrected chi connectivity index (χ3v) is 1.57. The lowest BCUT2D eigenvalue weighted by molar-refractivity contribution is -0.117. The Hall–Kier alpha value is -0.770. The maximum Gasteiger partial charge on any atom is 0.148 e. The van der Waals surface area contributed by atoms with E-state index in [0.29, 0.717) is 0 Å². The third kappa shape index (κ3) is 1.60. The summed E-state index contributed by atoms with van der Waals surface area (Å²) in [5, 5.41) is 2.70. The van der Waals surface area contributed by atoms with Crippen molar-refractivity contribution in [2.75, 3.05) is 6.54 Å². The number of nitroso groups, excluding NO2 is 1. The minimum absolute atomic E-state index is 0.118. The van der Waals surface area contributed by atoms with E-state index in [1.54, 1.807) is 0 Å². The van der Waals surface area contributed by atoms with Crippen LogP contribution in [0.2, 0.25) is 0 Å². The van der Waals surface area contributed by atoms with Gasteiger partial charge in [-0.2, -0.15) is 4.91 Å². The fourth-order valence-corrected chi connectivity index (χ4v) is 1.05. The fraction of sp³-hybridized carbons (Fsp3) is 0.833. The Balaban J connectivity index is 2.27. The van der Waals surface area contributed by atoms with Crippen LogP contribution in [0.15, 0.2) is 5.18 Å². The lowest BCUT2D eigenvalue weighted by atomic mass is 10.2. The molecule has 1 aliphatic heterocycles.